The van der Waals surface area contributed by atoms with Crippen LogP contribution in [-0.4, -0.2) is 92.5 Å². The fourth-order valence-corrected chi connectivity index (χ4v) is 6.02. The summed E-state index contributed by atoms with van der Waals surface area (Å²) in [7, 11) is 0. The molecule has 0 unspecified atom stereocenters. The van der Waals surface area contributed by atoms with Gasteiger partial charge in [-0.1, -0.05) is 51.1 Å². The summed E-state index contributed by atoms with van der Waals surface area (Å²) in [6.45, 7) is 7.06. The number of rotatable bonds is 18. The minimum Gasteiger partial charge on any atom is -0.480 e. The zero-order valence-electron chi connectivity index (χ0n) is 31.3. The maximum Gasteiger partial charge on any atom is 0.326 e. The molecule has 0 fully saturated rings. The first-order valence-electron chi connectivity index (χ1n) is 17.5. The summed E-state index contributed by atoms with van der Waals surface area (Å²) in [6.07, 6.45) is 0.491. The van der Waals surface area contributed by atoms with Crippen molar-refractivity contribution in [2.75, 3.05) is 13.2 Å². The molecule has 17 heteroatoms. The lowest BCUT2D eigenvalue weighted by atomic mass is 9.82. The highest BCUT2D eigenvalue weighted by Gasteiger charge is 2.38. The van der Waals surface area contributed by atoms with Crippen molar-refractivity contribution in [1.29, 1.82) is 0 Å². The molecule has 0 saturated carbocycles. The van der Waals surface area contributed by atoms with E-state index in [1.807, 2.05) is 51.1 Å². The minimum absolute atomic E-state index is 0.0299. The molecule has 0 aliphatic rings. The molecule has 1 heterocycles. The van der Waals surface area contributed by atoms with E-state index in [1.54, 1.807) is 16.8 Å². The maximum atomic E-state index is 15.1. The zero-order valence-corrected chi connectivity index (χ0v) is 31.3. The Hall–Kier alpha value is -5.68. The zero-order chi connectivity index (χ0) is 41.2. The van der Waals surface area contributed by atoms with E-state index < -0.39 is 102 Å². The molecule has 2 aromatic carbocycles. The van der Waals surface area contributed by atoms with Gasteiger partial charge < -0.3 is 47.1 Å². The smallest absolute Gasteiger partial charge is 0.326 e. The van der Waals surface area contributed by atoms with Gasteiger partial charge in [-0.15, -0.1) is 0 Å². The Labute approximate surface area is 317 Å². The first kappa shape index (κ1) is 43.7. The third-order valence-corrected chi connectivity index (χ3v) is 8.71. The average molecular weight is 770 g/mol. The topological polar surface area (TPSA) is 239 Å². The number of carbonyl (C=O) groups is 6. The number of carboxylic acids is 1. The summed E-state index contributed by atoms with van der Waals surface area (Å²) >= 11 is 0. The molecule has 15 nitrogen and oxygen atoms in total. The number of aromatic nitrogens is 1. The van der Waals surface area contributed by atoms with Crippen LogP contribution in [0.1, 0.15) is 64.8 Å². The number of nitrogens with zero attached hydrogens (tertiary/aromatic N) is 2. The molecule has 5 atom stereocenters. The lowest BCUT2D eigenvalue weighted by Gasteiger charge is -2.41. The first-order chi connectivity index (χ1) is 25.7. The largest absolute Gasteiger partial charge is 0.480 e. The first-order valence-corrected chi connectivity index (χ1v) is 17.5. The second-order valence-corrected chi connectivity index (χ2v) is 14.3. The number of aliphatic hydroxyl groups is 1. The highest BCUT2D eigenvalue weighted by atomic mass is 19.1. The summed E-state index contributed by atoms with van der Waals surface area (Å²) < 4.78 is 31.2. The molecule has 5 amide bonds. The third kappa shape index (κ3) is 12.2. The normalized spacial score (nSPS) is 14.1. The third-order valence-electron chi connectivity index (χ3n) is 8.71. The van der Waals surface area contributed by atoms with E-state index in [0.717, 1.165) is 23.8 Å². The molecule has 0 aliphatic heterocycles. The Morgan fingerprint density at radius 1 is 0.891 bits per heavy atom. The van der Waals surface area contributed by atoms with Gasteiger partial charge in [0.1, 0.15) is 36.4 Å². The predicted molar refractivity (Wildman–Crippen MR) is 198 cm³/mol. The van der Waals surface area contributed by atoms with Crippen LogP contribution in [0.3, 0.4) is 0 Å². The Morgan fingerprint density at radius 2 is 1.53 bits per heavy atom. The van der Waals surface area contributed by atoms with Gasteiger partial charge in [0, 0.05) is 36.1 Å². The van der Waals surface area contributed by atoms with Gasteiger partial charge in [-0.05, 0) is 55.5 Å². The Balaban J connectivity index is 2.00. The van der Waals surface area contributed by atoms with Gasteiger partial charge in [0.25, 0.3) is 0 Å². The number of benzene rings is 2. The van der Waals surface area contributed by atoms with E-state index in [9.17, 15) is 43.4 Å². The van der Waals surface area contributed by atoms with Crippen LogP contribution >= 0.6 is 0 Å². The van der Waals surface area contributed by atoms with Crippen LogP contribution in [0, 0.1) is 17.0 Å². The molecule has 55 heavy (non-hydrogen) atoms. The second-order valence-electron chi connectivity index (χ2n) is 14.3. The molecule has 0 bridgehead atoms. The number of hydrogen-bond donors (Lipinski definition) is 7. The summed E-state index contributed by atoms with van der Waals surface area (Å²) in [6, 6.07) is 7.51. The van der Waals surface area contributed by atoms with Crippen molar-refractivity contribution < 1.29 is 47.8 Å². The van der Waals surface area contributed by atoms with Crippen molar-refractivity contribution >= 4 is 35.5 Å². The number of nitrogens with one attached hydrogen (secondary N) is 3. The highest BCUT2D eigenvalue weighted by Crippen LogP contribution is 2.41. The molecule has 0 saturated heterocycles. The summed E-state index contributed by atoms with van der Waals surface area (Å²) in [5, 5.41) is 27.2. The van der Waals surface area contributed by atoms with Crippen molar-refractivity contribution in [3.63, 3.8) is 0 Å². The van der Waals surface area contributed by atoms with Crippen molar-refractivity contribution in [2.45, 2.75) is 84.2 Å². The van der Waals surface area contributed by atoms with Crippen LogP contribution in [0.5, 0.6) is 0 Å². The molecular formula is C38H49F2N7O8. The van der Waals surface area contributed by atoms with Crippen LogP contribution < -0.4 is 27.4 Å². The number of nitrogens with two attached hydrogens (primary N) is 2. The number of primary amides is 1. The van der Waals surface area contributed by atoms with Crippen molar-refractivity contribution in [3.05, 3.63) is 83.7 Å². The van der Waals surface area contributed by atoms with E-state index in [0.29, 0.717) is 11.3 Å². The average Bonchev–Trinajstić information content (AvgIpc) is 3.50. The van der Waals surface area contributed by atoms with Gasteiger partial charge in [0.15, 0.2) is 0 Å². The van der Waals surface area contributed by atoms with E-state index in [2.05, 4.69) is 16.0 Å². The molecule has 3 rings (SSSR count). The van der Waals surface area contributed by atoms with Crippen molar-refractivity contribution in [1.82, 2.24) is 25.4 Å². The lowest BCUT2D eigenvalue weighted by Crippen LogP contribution is -2.57. The van der Waals surface area contributed by atoms with Gasteiger partial charge in [-0.3, -0.25) is 24.0 Å². The van der Waals surface area contributed by atoms with E-state index >= 15 is 4.39 Å². The predicted octanol–water partition coefficient (Wildman–Crippen LogP) is 1.56. The van der Waals surface area contributed by atoms with Crippen molar-refractivity contribution in [2.24, 2.45) is 16.9 Å². The minimum atomic E-state index is -1.68. The van der Waals surface area contributed by atoms with Crippen LogP contribution in [0.15, 0.2) is 60.8 Å². The molecule has 298 valence electrons. The highest BCUT2D eigenvalue weighted by molar-refractivity contribution is 5.96. The number of aliphatic carboxylic acids is 1. The molecule has 0 aliphatic carbocycles. The van der Waals surface area contributed by atoms with Gasteiger partial charge >= 0.3 is 5.97 Å². The van der Waals surface area contributed by atoms with Gasteiger partial charge in [-0.2, -0.15) is 0 Å². The number of carbonyl (C=O) groups excluding carboxylic acids is 5. The number of amides is 5. The monoisotopic (exact) mass is 769 g/mol. The maximum absolute atomic E-state index is 15.1. The Morgan fingerprint density at radius 3 is 2.09 bits per heavy atom. The van der Waals surface area contributed by atoms with Gasteiger partial charge in [-0.25, -0.2) is 13.6 Å². The number of aliphatic hydroxyl groups excluding tert-OH is 1. The van der Waals surface area contributed by atoms with Crippen LogP contribution in [0.2, 0.25) is 0 Å². The van der Waals surface area contributed by atoms with Crippen LogP contribution in [-0.2, 0) is 35.3 Å². The standard InChI is InChI=1S/C38H49F2N7O8/c1-21(41)34(51)43-22(2)35(52)45-29(17-31(42)49)36(53)44-28(37(54)55)13-14-47(32(50)20-48)33(38(3,4)5)30-15-24(26-16-25(39)11-12-27(26)40)19-46(30)18-23-9-7-6-8-10-23/h6-12,15-16,19,21-22,28-29,33,48H,13-14,17-18,20,41H2,1-5H3,(H2,42,49)(H,43,51)(H,44,53)(H,45,52)(H,54,55)/t21-,22-,28-,29-,33-/m0/s1. The van der Waals surface area contributed by atoms with E-state index in [4.69, 9.17) is 11.5 Å². The Kier molecular flexibility index (Phi) is 15.2. The second kappa shape index (κ2) is 19.1. The Bertz CT molecular complexity index is 1860. The van der Waals surface area contributed by atoms with Gasteiger partial charge in [0.2, 0.25) is 29.5 Å². The quantitative estimate of drug-likeness (QED) is 0.0993. The molecular weight excluding hydrogens is 720 g/mol. The van der Waals surface area contributed by atoms with E-state index in [1.165, 1.54) is 18.7 Å². The fourth-order valence-electron chi connectivity index (χ4n) is 6.02. The summed E-state index contributed by atoms with van der Waals surface area (Å²) in [4.78, 5) is 77.2. The molecule has 3 aromatic rings. The molecule has 1 aromatic heterocycles. The summed E-state index contributed by atoms with van der Waals surface area (Å²) in [5.41, 5.74) is 11.6. The number of halogens is 2. The molecule has 0 radical (unpaired) electrons. The van der Waals surface area contributed by atoms with Crippen LogP contribution in [0.4, 0.5) is 8.78 Å². The number of hydrogen-bond acceptors (Lipinski definition) is 8. The van der Waals surface area contributed by atoms with Gasteiger partial charge in [0.05, 0.1) is 18.5 Å². The lowest BCUT2D eigenvalue weighted by molar-refractivity contribution is -0.145. The molecule has 0 spiro atoms. The van der Waals surface area contributed by atoms with Crippen LogP contribution in [0.25, 0.3) is 11.1 Å². The SMILES string of the molecule is C[C@H](N)C(=O)N[C@@H](C)C(=O)N[C@@H](CC(N)=O)C(=O)N[C@@H](CCN(C(=O)CO)[C@@H](c1cc(-c2cc(F)ccc2F)cn1Cc1ccccc1)C(C)(C)C)C(=O)O. The number of carboxylic acid groups (broad SMARTS) is 1. The molecule has 9 N–H and O–H groups in total. The van der Waals surface area contributed by atoms with E-state index in [-0.39, 0.29) is 18.7 Å². The van der Waals surface area contributed by atoms with Crippen molar-refractivity contribution in [3.8, 4) is 11.1 Å². The fraction of sp³-hybridized carbons (Fsp3) is 0.421. The summed E-state index contributed by atoms with van der Waals surface area (Å²) in [5.74, 6) is -7.29.